The minimum Gasteiger partial charge on any atom is -0.325 e. The van der Waals surface area contributed by atoms with E-state index in [0.29, 0.717) is 17.7 Å². The summed E-state index contributed by atoms with van der Waals surface area (Å²) in [6, 6.07) is 13.8. The Hall–Kier alpha value is -2.20. The van der Waals surface area contributed by atoms with Gasteiger partial charge in [0, 0.05) is 5.69 Å². The zero-order chi connectivity index (χ0) is 15.2. The summed E-state index contributed by atoms with van der Waals surface area (Å²) in [6.07, 6.45) is 1.28. The number of carbonyl (C=O) groups excluding carboxylic acids is 1. The van der Waals surface area contributed by atoms with Gasteiger partial charge in [-0.25, -0.2) is 4.39 Å². The number of anilines is 1. The van der Waals surface area contributed by atoms with E-state index in [1.54, 1.807) is 19.1 Å². The van der Waals surface area contributed by atoms with Crippen LogP contribution >= 0.6 is 0 Å². The molecule has 0 bridgehead atoms. The predicted octanol–water partition coefficient (Wildman–Crippen LogP) is 3.03. The van der Waals surface area contributed by atoms with E-state index in [0.717, 1.165) is 12.0 Å². The third kappa shape index (κ3) is 4.39. The molecule has 2 aromatic carbocycles. The van der Waals surface area contributed by atoms with Crippen molar-refractivity contribution in [2.45, 2.75) is 25.8 Å². The lowest BCUT2D eigenvalue weighted by Gasteiger charge is -2.12. The number of nitrogens with one attached hydrogen (secondary N) is 1. The standard InChI is InChI=1S/C17H19FN2O/c1-12-7-9-14(11-15(12)18)20-17(21)16(19)10-8-13-5-3-2-4-6-13/h2-7,9,11,16H,8,10,19H2,1H3,(H,20,21). The van der Waals surface area contributed by atoms with Crippen molar-refractivity contribution < 1.29 is 9.18 Å². The molecule has 0 saturated heterocycles. The van der Waals surface area contributed by atoms with E-state index in [1.807, 2.05) is 30.3 Å². The van der Waals surface area contributed by atoms with Gasteiger partial charge >= 0.3 is 0 Å². The van der Waals surface area contributed by atoms with Crippen LogP contribution in [0.15, 0.2) is 48.5 Å². The van der Waals surface area contributed by atoms with Crippen molar-refractivity contribution in [2.75, 3.05) is 5.32 Å². The minimum atomic E-state index is -0.616. The Morgan fingerprint density at radius 3 is 2.62 bits per heavy atom. The van der Waals surface area contributed by atoms with Crippen LogP contribution in [0.1, 0.15) is 17.5 Å². The average Bonchev–Trinajstić information content (AvgIpc) is 2.49. The first-order valence-corrected chi connectivity index (χ1v) is 6.93. The number of carbonyl (C=O) groups is 1. The molecule has 0 saturated carbocycles. The summed E-state index contributed by atoms with van der Waals surface area (Å²) in [5, 5.41) is 2.64. The molecule has 0 aliphatic rings. The van der Waals surface area contributed by atoms with Gasteiger partial charge in [-0.1, -0.05) is 36.4 Å². The highest BCUT2D eigenvalue weighted by atomic mass is 19.1. The Balaban J connectivity index is 1.89. The first-order chi connectivity index (χ1) is 10.1. The van der Waals surface area contributed by atoms with Gasteiger partial charge in [0.05, 0.1) is 6.04 Å². The lowest BCUT2D eigenvalue weighted by Crippen LogP contribution is -2.36. The van der Waals surface area contributed by atoms with E-state index in [-0.39, 0.29) is 11.7 Å². The SMILES string of the molecule is Cc1ccc(NC(=O)C(N)CCc2ccccc2)cc1F. The Labute approximate surface area is 124 Å². The normalized spacial score (nSPS) is 12.0. The zero-order valence-electron chi connectivity index (χ0n) is 12.0. The summed E-state index contributed by atoms with van der Waals surface area (Å²) in [5.74, 6) is -0.639. The van der Waals surface area contributed by atoms with E-state index in [2.05, 4.69) is 5.32 Å². The van der Waals surface area contributed by atoms with Crippen LogP contribution in [0, 0.1) is 12.7 Å². The molecular weight excluding hydrogens is 267 g/mol. The molecule has 2 aromatic rings. The molecule has 110 valence electrons. The highest BCUT2D eigenvalue weighted by Crippen LogP contribution is 2.14. The molecule has 0 aliphatic heterocycles. The second-order valence-electron chi connectivity index (χ2n) is 5.08. The third-order valence-electron chi connectivity index (χ3n) is 3.36. The Morgan fingerprint density at radius 2 is 1.95 bits per heavy atom. The Morgan fingerprint density at radius 1 is 1.24 bits per heavy atom. The first kappa shape index (κ1) is 15.2. The molecule has 0 aliphatic carbocycles. The molecule has 1 atom stereocenters. The highest BCUT2D eigenvalue weighted by Gasteiger charge is 2.14. The van der Waals surface area contributed by atoms with Crippen LogP contribution in [0.5, 0.6) is 0 Å². The number of rotatable bonds is 5. The van der Waals surface area contributed by atoms with Gasteiger partial charge in [0.15, 0.2) is 0 Å². The highest BCUT2D eigenvalue weighted by molar-refractivity contribution is 5.94. The maximum atomic E-state index is 13.4. The van der Waals surface area contributed by atoms with Crippen molar-refractivity contribution in [3.63, 3.8) is 0 Å². The fourth-order valence-electron chi connectivity index (χ4n) is 2.00. The third-order valence-corrected chi connectivity index (χ3v) is 3.36. The molecule has 1 amide bonds. The van der Waals surface area contributed by atoms with Gasteiger partial charge in [0.25, 0.3) is 0 Å². The molecule has 1 unspecified atom stereocenters. The van der Waals surface area contributed by atoms with Crippen LogP contribution in [0.3, 0.4) is 0 Å². The largest absolute Gasteiger partial charge is 0.325 e. The topological polar surface area (TPSA) is 55.1 Å². The van der Waals surface area contributed by atoms with Gasteiger partial charge < -0.3 is 11.1 Å². The second-order valence-corrected chi connectivity index (χ2v) is 5.08. The summed E-state index contributed by atoms with van der Waals surface area (Å²) in [5.41, 5.74) is 7.99. The molecule has 3 N–H and O–H groups in total. The lowest BCUT2D eigenvalue weighted by molar-refractivity contribution is -0.117. The van der Waals surface area contributed by atoms with Gasteiger partial charge in [-0.15, -0.1) is 0 Å². The van der Waals surface area contributed by atoms with Crippen LogP contribution in [0.4, 0.5) is 10.1 Å². The Kier molecular flexibility index (Phi) is 5.06. The molecule has 0 heterocycles. The fourth-order valence-corrected chi connectivity index (χ4v) is 2.00. The van der Waals surface area contributed by atoms with Crippen LogP contribution in [-0.2, 0) is 11.2 Å². The average molecular weight is 286 g/mol. The van der Waals surface area contributed by atoms with Crippen molar-refractivity contribution in [2.24, 2.45) is 5.73 Å². The maximum absolute atomic E-state index is 13.4. The van der Waals surface area contributed by atoms with E-state index >= 15 is 0 Å². The van der Waals surface area contributed by atoms with Crippen LogP contribution in [0.2, 0.25) is 0 Å². The van der Waals surface area contributed by atoms with Gasteiger partial charge in [-0.2, -0.15) is 0 Å². The van der Waals surface area contributed by atoms with E-state index in [4.69, 9.17) is 5.73 Å². The van der Waals surface area contributed by atoms with Crippen molar-refractivity contribution in [1.29, 1.82) is 0 Å². The summed E-state index contributed by atoms with van der Waals surface area (Å²) in [4.78, 5) is 12.0. The monoisotopic (exact) mass is 286 g/mol. The fraction of sp³-hybridized carbons (Fsp3) is 0.235. The summed E-state index contributed by atoms with van der Waals surface area (Å²) >= 11 is 0. The lowest BCUT2D eigenvalue weighted by atomic mass is 10.1. The second kappa shape index (κ2) is 6.99. The van der Waals surface area contributed by atoms with Crippen molar-refractivity contribution in [3.05, 3.63) is 65.5 Å². The van der Waals surface area contributed by atoms with Crippen molar-refractivity contribution in [3.8, 4) is 0 Å². The van der Waals surface area contributed by atoms with Gasteiger partial charge in [0.2, 0.25) is 5.91 Å². The molecule has 4 heteroatoms. The number of hydrogen-bond donors (Lipinski definition) is 2. The number of aryl methyl sites for hydroxylation is 2. The minimum absolute atomic E-state index is 0.297. The van der Waals surface area contributed by atoms with E-state index < -0.39 is 6.04 Å². The number of hydrogen-bond acceptors (Lipinski definition) is 2. The number of nitrogens with two attached hydrogens (primary N) is 1. The smallest absolute Gasteiger partial charge is 0.241 e. The molecule has 2 rings (SSSR count). The van der Waals surface area contributed by atoms with Crippen LogP contribution in [0.25, 0.3) is 0 Å². The number of halogens is 1. The van der Waals surface area contributed by atoms with E-state index in [9.17, 15) is 9.18 Å². The zero-order valence-corrected chi connectivity index (χ0v) is 12.0. The molecule has 0 radical (unpaired) electrons. The van der Waals surface area contributed by atoms with Crippen LogP contribution < -0.4 is 11.1 Å². The van der Waals surface area contributed by atoms with Crippen molar-refractivity contribution in [1.82, 2.24) is 0 Å². The predicted molar refractivity (Wildman–Crippen MR) is 82.5 cm³/mol. The number of amides is 1. The van der Waals surface area contributed by atoms with E-state index in [1.165, 1.54) is 6.07 Å². The summed E-state index contributed by atoms with van der Waals surface area (Å²) in [7, 11) is 0. The molecule has 0 spiro atoms. The maximum Gasteiger partial charge on any atom is 0.241 e. The molecular formula is C17H19FN2O. The van der Waals surface area contributed by atoms with Gasteiger partial charge in [0.1, 0.15) is 5.82 Å². The summed E-state index contributed by atoms with van der Waals surface area (Å²) < 4.78 is 13.4. The van der Waals surface area contributed by atoms with Gasteiger partial charge in [-0.3, -0.25) is 4.79 Å². The van der Waals surface area contributed by atoms with Crippen molar-refractivity contribution >= 4 is 11.6 Å². The number of benzene rings is 2. The Bertz CT molecular complexity index is 613. The van der Waals surface area contributed by atoms with Gasteiger partial charge in [-0.05, 0) is 43.0 Å². The summed E-state index contributed by atoms with van der Waals surface area (Å²) in [6.45, 7) is 1.67. The first-order valence-electron chi connectivity index (χ1n) is 6.93. The quantitative estimate of drug-likeness (QED) is 0.887. The molecule has 21 heavy (non-hydrogen) atoms. The van der Waals surface area contributed by atoms with Crippen LogP contribution in [-0.4, -0.2) is 11.9 Å². The molecule has 0 fully saturated rings. The molecule has 3 nitrogen and oxygen atoms in total. The molecule has 0 aromatic heterocycles.